The maximum absolute atomic E-state index is 13.1. The number of benzene rings is 1. The maximum atomic E-state index is 13.1. The van der Waals surface area contributed by atoms with E-state index in [1.54, 1.807) is 16.8 Å². The van der Waals surface area contributed by atoms with Gasteiger partial charge in [0.15, 0.2) is 0 Å². The number of halogens is 1. The molecular weight excluding hydrogens is 337 g/mol. The van der Waals surface area contributed by atoms with Crippen molar-refractivity contribution < 1.29 is 18.8 Å². The molecule has 3 amide bonds. The fourth-order valence-corrected chi connectivity index (χ4v) is 3.67. The normalized spacial score (nSPS) is 23.5. The highest BCUT2D eigenvalue weighted by Gasteiger charge is 2.47. The summed E-state index contributed by atoms with van der Waals surface area (Å²) in [5.74, 6) is -0.530. The summed E-state index contributed by atoms with van der Waals surface area (Å²) in [4.78, 5) is 43.0. The smallest absolute Gasteiger partial charge is 0.254 e. The van der Waals surface area contributed by atoms with Crippen LogP contribution < -0.4 is 0 Å². The van der Waals surface area contributed by atoms with Gasteiger partial charge in [-0.2, -0.15) is 0 Å². The van der Waals surface area contributed by atoms with Gasteiger partial charge >= 0.3 is 0 Å². The molecule has 2 aliphatic heterocycles. The topological polar surface area (TPSA) is 60.9 Å². The van der Waals surface area contributed by atoms with Crippen molar-refractivity contribution in [3.8, 4) is 0 Å². The Morgan fingerprint density at radius 1 is 1.15 bits per heavy atom. The van der Waals surface area contributed by atoms with Crippen LogP contribution in [0.5, 0.6) is 0 Å². The third kappa shape index (κ3) is 3.30. The molecule has 2 saturated heterocycles. The van der Waals surface area contributed by atoms with Crippen LogP contribution in [0, 0.1) is 11.7 Å². The second-order valence-electron chi connectivity index (χ2n) is 7.40. The molecule has 0 bridgehead atoms. The van der Waals surface area contributed by atoms with Gasteiger partial charge in [0.25, 0.3) is 5.91 Å². The minimum absolute atomic E-state index is 0.0420. The molecule has 0 aromatic heterocycles. The zero-order chi connectivity index (χ0) is 19.0. The molecule has 6 nitrogen and oxygen atoms in total. The fourth-order valence-electron chi connectivity index (χ4n) is 3.67. The van der Waals surface area contributed by atoms with E-state index in [0.29, 0.717) is 31.0 Å². The van der Waals surface area contributed by atoms with Crippen molar-refractivity contribution in [3.05, 3.63) is 35.6 Å². The van der Waals surface area contributed by atoms with E-state index in [1.165, 1.54) is 29.2 Å². The summed E-state index contributed by atoms with van der Waals surface area (Å²) in [6.07, 6.45) is 0.627. The van der Waals surface area contributed by atoms with Gasteiger partial charge in [0.05, 0.1) is 6.54 Å². The standard InChI is InChI=1S/C19H24FN3O3/c1-12(2)10-15-19(26)23-9-8-22(11-16(23)18(25)21(15)3)17(24)13-4-6-14(20)7-5-13/h4-7,12,15-16H,8-11H2,1-3H3/t15-,16+/m0/s1. The molecule has 1 aromatic rings. The van der Waals surface area contributed by atoms with Crippen LogP contribution in [0.15, 0.2) is 24.3 Å². The molecule has 0 saturated carbocycles. The number of carbonyl (C=O) groups excluding carboxylic acids is 3. The molecule has 2 aliphatic rings. The van der Waals surface area contributed by atoms with Gasteiger partial charge in [-0.3, -0.25) is 14.4 Å². The third-order valence-corrected chi connectivity index (χ3v) is 5.12. The lowest BCUT2D eigenvalue weighted by Gasteiger charge is -2.48. The Morgan fingerprint density at radius 2 is 1.81 bits per heavy atom. The van der Waals surface area contributed by atoms with Gasteiger partial charge in [0.2, 0.25) is 11.8 Å². The average Bonchev–Trinajstić information content (AvgIpc) is 2.63. The van der Waals surface area contributed by atoms with Crippen molar-refractivity contribution in [1.29, 1.82) is 0 Å². The van der Waals surface area contributed by atoms with E-state index in [4.69, 9.17) is 0 Å². The van der Waals surface area contributed by atoms with Gasteiger partial charge in [-0.1, -0.05) is 13.8 Å². The quantitative estimate of drug-likeness (QED) is 0.817. The van der Waals surface area contributed by atoms with E-state index in [9.17, 15) is 18.8 Å². The first-order valence-corrected chi connectivity index (χ1v) is 8.91. The van der Waals surface area contributed by atoms with Crippen LogP contribution in [0.4, 0.5) is 4.39 Å². The minimum Gasteiger partial charge on any atom is -0.334 e. The first-order chi connectivity index (χ1) is 12.3. The molecule has 0 unspecified atom stereocenters. The number of carbonyl (C=O) groups is 3. The number of fused-ring (bicyclic) bond motifs is 1. The Hall–Kier alpha value is -2.44. The van der Waals surface area contributed by atoms with Crippen LogP contribution in [0.25, 0.3) is 0 Å². The molecule has 0 N–H and O–H groups in total. The molecule has 140 valence electrons. The SMILES string of the molecule is CC(C)C[C@H]1C(=O)N2CCN(C(=O)c3ccc(F)cc3)C[C@@H]2C(=O)N1C. The number of rotatable bonds is 3. The number of amides is 3. The van der Waals surface area contributed by atoms with Gasteiger partial charge < -0.3 is 14.7 Å². The van der Waals surface area contributed by atoms with E-state index in [-0.39, 0.29) is 24.3 Å². The second-order valence-corrected chi connectivity index (χ2v) is 7.40. The van der Waals surface area contributed by atoms with Crippen molar-refractivity contribution in [2.45, 2.75) is 32.4 Å². The summed E-state index contributed by atoms with van der Waals surface area (Å²) in [5, 5.41) is 0. The van der Waals surface area contributed by atoms with Gasteiger partial charge in [0, 0.05) is 25.7 Å². The lowest BCUT2D eigenvalue weighted by atomic mass is 9.95. The van der Waals surface area contributed by atoms with Crippen LogP contribution in [0.2, 0.25) is 0 Å². The number of nitrogens with zero attached hydrogens (tertiary/aromatic N) is 3. The molecule has 26 heavy (non-hydrogen) atoms. The molecule has 7 heteroatoms. The van der Waals surface area contributed by atoms with E-state index in [2.05, 4.69) is 0 Å². The van der Waals surface area contributed by atoms with Crippen molar-refractivity contribution in [2.75, 3.05) is 26.7 Å². The maximum Gasteiger partial charge on any atom is 0.254 e. The van der Waals surface area contributed by atoms with Gasteiger partial charge in [-0.25, -0.2) is 4.39 Å². The summed E-state index contributed by atoms with van der Waals surface area (Å²) in [7, 11) is 1.66. The zero-order valence-corrected chi connectivity index (χ0v) is 15.3. The fraction of sp³-hybridized carbons (Fsp3) is 0.526. The lowest BCUT2D eigenvalue weighted by molar-refractivity contribution is -0.163. The zero-order valence-electron chi connectivity index (χ0n) is 15.3. The number of hydrogen-bond donors (Lipinski definition) is 0. The average molecular weight is 361 g/mol. The molecular formula is C19H24FN3O3. The summed E-state index contributed by atoms with van der Waals surface area (Å²) >= 11 is 0. The highest BCUT2D eigenvalue weighted by molar-refractivity contribution is 5.99. The largest absolute Gasteiger partial charge is 0.334 e. The van der Waals surface area contributed by atoms with E-state index < -0.39 is 17.9 Å². The minimum atomic E-state index is -0.644. The molecule has 1 aromatic carbocycles. The number of likely N-dealkylation sites (N-methyl/N-ethyl adjacent to an activating group) is 1. The van der Waals surface area contributed by atoms with Crippen LogP contribution in [-0.4, -0.2) is 71.2 Å². The molecule has 0 spiro atoms. The first kappa shape index (κ1) is 18.4. The van der Waals surface area contributed by atoms with Crippen LogP contribution in [-0.2, 0) is 9.59 Å². The Balaban J connectivity index is 1.76. The van der Waals surface area contributed by atoms with Crippen molar-refractivity contribution >= 4 is 17.7 Å². The number of piperazine rings is 2. The second kappa shape index (κ2) is 7.05. The summed E-state index contributed by atoms with van der Waals surface area (Å²) in [6.45, 7) is 4.92. The molecule has 0 aliphatic carbocycles. The predicted octanol–water partition coefficient (Wildman–Crippen LogP) is 1.37. The van der Waals surface area contributed by atoms with Crippen LogP contribution >= 0.6 is 0 Å². The molecule has 2 atom stereocenters. The van der Waals surface area contributed by atoms with Crippen molar-refractivity contribution in [3.63, 3.8) is 0 Å². The predicted molar refractivity (Wildman–Crippen MR) is 93.8 cm³/mol. The van der Waals surface area contributed by atoms with Crippen LogP contribution in [0.1, 0.15) is 30.6 Å². The highest BCUT2D eigenvalue weighted by atomic mass is 19.1. The Labute approximate surface area is 152 Å². The van der Waals surface area contributed by atoms with E-state index in [0.717, 1.165) is 0 Å². The van der Waals surface area contributed by atoms with Crippen LogP contribution in [0.3, 0.4) is 0 Å². The summed E-state index contributed by atoms with van der Waals surface area (Å²) in [5.41, 5.74) is 0.375. The Kier molecular flexibility index (Phi) is 4.98. The first-order valence-electron chi connectivity index (χ1n) is 8.91. The Bertz CT molecular complexity index is 719. The molecule has 3 rings (SSSR count). The molecule has 2 heterocycles. The molecule has 2 fully saturated rings. The number of hydrogen-bond acceptors (Lipinski definition) is 3. The van der Waals surface area contributed by atoms with Crippen molar-refractivity contribution in [1.82, 2.24) is 14.7 Å². The van der Waals surface area contributed by atoms with E-state index >= 15 is 0 Å². The molecule has 0 radical (unpaired) electrons. The Morgan fingerprint density at radius 3 is 2.42 bits per heavy atom. The highest BCUT2D eigenvalue weighted by Crippen LogP contribution is 2.25. The van der Waals surface area contributed by atoms with Gasteiger partial charge in [-0.15, -0.1) is 0 Å². The van der Waals surface area contributed by atoms with Crippen molar-refractivity contribution in [2.24, 2.45) is 5.92 Å². The summed E-state index contributed by atoms with van der Waals surface area (Å²) in [6, 6.07) is 4.27. The van der Waals surface area contributed by atoms with Gasteiger partial charge in [0.1, 0.15) is 17.9 Å². The third-order valence-electron chi connectivity index (χ3n) is 5.12. The summed E-state index contributed by atoms with van der Waals surface area (Å²) < 4.78 is 13.1. The van der Waals surface area contributed by atoms with Gasteiger partial charge in [-0.05, 0) is 36.6 Å². The van der Waals surface area contributed by atoms with E-state index in [1.807, 2.05) is 13.8 Å². The lowest BCUT2D eigenvalue weighted by Crippen LogP contribution is -2.69. The monoisotopic (exact) mass is 361 g/mol.